The van der Waals surface area contributed by atoms with E-state index < -0.39 is 0 Å². The maximum absolute atomic E-state index is 12.6. The molecular formula is C25H26N2O3. The third kappa shape index (κ3) is 6.21. The minimum absolute atomic E-state index is 0.193. The molecule has 3 aromatic carbocycles. The fourth-order valence-electron chi connectivity index (χ4n) is 2.88. The van der Waals surface area contributed by atoms with Crippen molar-refractivity contribution in [2.45, 2.75) is 26.3 Å². The molecule has 0 saturated heterocycles. The lowest BCUT2D eigenvalue weighted by Crippen LogP contribution is -2.23. The number of amides is 2. The highest BCUT2D eigenvalue weighted by molar-refractivity contribution is 6.05. The number of hydrogen-bond acceptors (Lipinski definition) is 3. The Balaban J connectivity index is 1.61. The normalized spacial score (nSPS) is 10.3. The van der Waals surface area contributed by atoms with Gasteiger partial charge in [-0.3, -0.25) is 9.59 Å². The number of ether oxygens (including phenoxy) is 1. The average molecular weight is 402 g/mol. The van der Waals surface area contributed by atoms with Crippen LogP contribution in [0.2, 0.25) is 0 Å². The quantitative estimate of drug-likeness (QED) is 0.492. The number of benzene rings is 3. The second-order valence-electron chi connectivity index (χ2n) is 6.93. The molecule has 30 heavy (non-hydrogen) atoms. The number of nitrogens with one attached hydrogen (secondary N) is 2. The number of rotatable bonds is 9. The molecule has 2 N–H and O–H groups in total. The van der Waals surface area contributed by atoms with Gasteiger partial charge in [0, 0.05) is 23.4 Å². The van der Waals surface area contributed by atoms with Crippen molar-refractivity contribution in [3.8, 4) is 5.75 Å². The highest BCUT2D eigenvalue weighted by Gasteiger charge is 2.10. The van der Waals surface area contributed by atoms with Crippen molar-refractivity contribution in [3.63, 3.8) is 0 Å². The summed E-state index contributed by atoms with van der Waals surface area (Å²) in [4.78, 5) is 25.1. The summed E-state index contributed by atoms with van der Waals surface area (Å²) in [7, 11) is 0. The van der Waals surface area contributed by atoms with Crippen LogP contribution < -0.4 is 15.4 Å². The van der Waals surface area contributed by atoms with Gasteiger partial charge in [-0.25, -0.2) is 0 Å². The van der Waals surface area contributed by atoms with Gasteiger partial charge in [0.15, 0.2) is 0 Å². The Labute approximate surface area is 177 Å². The van der Waals surface area contributed by atoms with E-state index in [9.17, 15) is 9.59 Å². The van der Waals surface area contributed by atoms with E-state index in [1.165, 1.54) is 0 Å². The van der Waals surface area contributed by atoms with E-state index in [0.717, 1.165) is 18.4 Å². The Hall–Kier alpha value is -3.60. The highest BCUT2D eigenvalue weighted by atomic mass is 16.5. The van der Waals surface area contributed by atoms with Crippen molar-refractivity contribution in [3.05, 3.63) is 95.6 Å². The number of hydrogen-bond donors (Lipinski definition) is 2. The van der Waals surface area contributed by atoms with Gasteiger partial charge in [0.2, 0.25) is 0 Å². The zero-order valence-corrected chi connectivity index (χ0v) is 17.1. The summed E-state index contributed by atoms with van der Waals surface area (Å²) in [5.74, 6) is 0.226. The maximum Gasteiger partial charge on any atom is 0.255 e. The first-order chi connectivity index (χ1) is 14.7. The van der Waals surface area contributed by atoms with E-state index in [1.807, 2.05) is 36.4 Å². The van der Waals surface area contributed by atoms with Gasteiger partial charge in [0.05, 0.1) is 6.61 Å². The molecule has 0 aliphatic rings. The Morgan fingerprint density at radius 1 is 0.833 bits per heavy atom. The average Bonchev–Trinajstić information content (AvgIpc) is 2.79. The standard InChI is InChI=1S/C25H26N2O3/c1-2-3-15-30-23-14-8-12-21(17-23)25(29)27-22-13-7-11-20(16-22)24(28)26-18-19-9-5-4-6-10-19/h4-14,16-17H,2-3,15,18H2,1H3,(H,26,28)(H,27,29). The third-order valence-electron chi connectivity index (χ3n) is 4.54. The first-order valence-corrected chi connectivity index (χ1v) is 10.1. The SMILES string of the molecule is CCCCOc1cccc(C(=O)Nc2cccc(C(=O)NCc3ccccc3)c2)c1. The molecule has 0 aliphatic carbocycles. The molecule has 0 unspecified atom stereocenters. The molecular weight excluding hydrogens is 376 g/mol. The van der Waals surface area contributed by atoms with Gasteiger partial charge >= 0.3 is 0 Å². The van der Waals surface area contributed by atoms with Gasteiger partial charge in [0.25, 0.3) is 11.8 Å². The van der Waals surface area contributed by atoms with E-state index in [2.05, 4.69) is 17.6 Å². The summed E-state index contributed by atoms with van der Waals surface area (Å²) >= 11 is 0. The van der Waals surface area contributed by atoms with E-state index in [-0.39, 0.29) is 11.8 Å². The van der Waals surface area contributed by atoms with Crippen LogP contribution in [0.5, 0.6) is 5.75 Å². The Kier molecular flexibility index (Phi) is 7.61. The van der Waals surface area contributed by atoms with Crippen LogP contribution in [-0.4, -0.2) is 18.4 Å². The van der Waals surface area contributed by atoms with Gasteiger partial charge < -0.3 is 15.4 Å². The predicted octanol–water partition coefficient (Wildman–Crippen LogP) is 5.05. The van der Waals surface area contributed by atoms with Crippen LogP contribution in [0.15, 0.2) is 78.9 Å². The zero-order chi connectivity index (χ0) is 21.2. The van der Waals surface area contributed by atoms with Crippen molar-refractivity contribution in [2.24, 2.45) is 0 Å². The second-order valence-corrected chi connectivity index (χ2v) is 6.93. The van der Waals surface area contributed by atoms with Crippen molar-refractivity contribution in [1.29, 1.82) is 0 Å². The van der Waals surface area contributed by atoms with Gasteiger partial charge in [-0.15, -0.1) is 0 Å². The Morgan fingerprint density at radius 3 is 2.33 bits per heavy atom. The monoisotopic (exact) mass is 402 g/mol. The first-order valence-electron chi connectivity index (χ1n) is 10.1. The fourth-order valence-corrected chi connectivity index (χ4v) is 2.88. The molecule has 5 nitrogen and oxygen atoms in total. The molecule has 3 aromatic rings. The van der Waals surface area contributed by atoms with Crippen LogP contribution in [0.4, 0.5) is 5.69 Å². The summed E-state index contributed by atoms with van der Waals surface area (Å²) in [6.45, 7) is 3.17. The molecule has 5 heteroatoms. The van der Waals surface area contributed by atoms with E-state index >= 15 is 0 Å². The molecule has 0 spiro atoms. The van der Waals surface area contributed by atoms with E-state index in [4.69, 9.17) is 4.74 Å². The molecule has 0 atom stereocenters. The minimum Gasteiger partial charge on any atom is -0.494 e. The van der Waals surface area contributed by atoms with Gasteiger partial charge in [0.1, 0.15) is 5.75 Å². The lowest BCUT2D eigenvalue weighted by molar-refractivity contribution is 0.0949. The third-order valence-corrected chi connectivity index (χ3v) is 4.54. The molecule has 0 aromatic heterocycles. The number of carbonyl (C=O) groups excluding carboxylic acids is 2. The van der Waals surface area contributed by atoms with E-state index in [1.54, 1.807) is 42.5 Å². The highest BCUT2D eigenvalue weighted by Crippen LogP contribution is 2.17. The second kappa shape index (κ2) is 10.8. The van der Waals surface area contributed by atoms with Gasteiger partial charge in [-0.05, 0) is 48.4 Å². The van der Waals surface area contributed by atoms with Gasteiger partial charge in [-0.1, -0.05) is 55.8 Å². The lowest BCUT2D eigenvalue weighted by atomic mass is 10.1. The predicted molar refractivity (Wildman–Crippen MR) is 119 cm³/mol. The largest absolute Gasteiger partial charge is 0.494 e. The molecule has 0 radical (unpaired) electrons. The molecule has 0 aliphatic heterocycles. The van der Waals surface area contributed by atoms with Crippen molar-refractivity contribution >= 4 is 17.5 Å². The minimum atomic E-state index is -0.252. The summed E-state index contributed by atoms with van der Waals surface area (Å²) in [6.07, 6.45) is 2.02. The van der Waals surface area contributed by atoms with Crippen LogP contribution in [0.3, 0.4) is 0 Å². The number of anilines is 1. The fraction of sp³-hybridized carbons (Fsp3) is 0.200. The van der Waals surface area contributed by atoms with Crippen molar-refractivity contribution < 1.29 is 14.3 Å². The van der Waals surface area contributed by atoms with Crippen LogP contribution in [-0.2, 0) is 6.54 Å². The number of unbranched alkanes of at least 4 members (excludes halogenated alkanes) is 1. The van der Waals surface area contributed by atoms with Crippen molar-refractivity contribution in [1.82, 2.24) is 5.32 Å². The van der Waals surface area contributed by atoms with Crippen LogP contribution in [0.25, 0.3) is 0 Å². The van der Waals surface area contributed by atoms with Crippen LogP contribution in [0, 0.1) is 0 Å². The Morgan fingerprint density at radius 2 is 1.57 bits per heavy atom. The zero-order valence-electron chi connectivity index (χ0n) is 17.1. The summed E-state index contributed by atoms with van der Waals surface area (Å²) in [5.41, 5.74) is 2.57. The molecule has 154 valence electrons. The van der Waals surface area contributed by atoms with Gasteiger partial charge in [-0.2, -0.15) is 0 Å². The summed E-state index contributed by atoms with van der Waals surface area (Å²) in [6, 6.07) is 23.7. The number of carbonyl (C=O) groups is 2. The molecule has 2 amide bonds. The summed E-state index contributed by atoms with van der Waals surface area (Å²) < 4.78 is 5.67. The maximum atomic E-state index is 12.6. The molecule has 0 bridgehead atoms. The van der Waals surface area contributed by atoms with Crippen LogP contribution in [0.1, 0.15) is 46.0 Å². The molecule has 0 heterocycles. The van der Waals surface area contributed by atoms with Crippen molar-refractivity contribution in [2.75, 3.05) is 11.9 Å². The van der Waals surface area contributed by atoms with E-state index in [0.29, 0.717) is 35.7 Å². The first kappa shape index (κ1) is 21.1. The lowest BCUT2D eigenvalue weighted by Gasteiger charge is -2.10. The molecule has 3 rings (SSSR count). The smallest absolute Gasteiger partial charge is 0.255 e. The van der Waals surface area contributed by atoms with Crippen LogP contribution >= 0.6 is 0 Å². The Bertz CT molecular complexity index is 986. The molecule has 0 fully saturated rings. The molecule has 0 saturated carbocycles. The topological polar surface area (TPSA) is 67.4 Å². The summed E-state index contributed by atoms with van der Waals surface area (Å²) in [5, 5.41) is 5.74.